The van der Waals surface area contributed by atoms with Gasteiger partial charge in [0.15, 0.2) is 0 Å². The van der Waals surface area contributed by atoms with Gasteiger partial charge in [0.1, 0.15) is 5.75 Å². The second-order valence-electron chi connectivity index (χ2n) is 4.27. The molecule has 1 unspecified atom stereocenters. The maximum Gasteiger partial charge on any atom is 0.119 e. The zero-order valence-electron chi connectivity index (χ0n) is 11.1. The summed E-state index contributed by atoms with van der Waals surface area (Å²) in [6.45, 7) is 0. The van der Waals surface area contributed by atoms with Crippen molar-refractivity contribution < 1.29 is 4.74 Å². The standard InChI is InChI=1S/C16H17ClOS/c1-18-13-7-5-6-12(10-13)11-15(17)14-8-3-4-9-16(14)19-2/h3-10,15H,11H2,1-2H3. The number of halogens is 1. The molecule has 0 fully saturated rings. The second-order valence-corrected chi connectivity index (χ2v) is 5.64. The molecule has 3 heteroatoms. The number of methoxy groups -OCH3 is 1. The first-order valence-corrected chi connectivity index (χ1v) is 7.80. The number of alkyl halides is 1. The summed E-state index contributed by atoms with van der Waals surface area (Å²) in [5.41, 5.74) is 2.38. The van der Waals surface area contributed by atoms with Crippen molar-refractivity contribution in [2.24, 2.45) is 0 Å². The summed E-state index contributed by atoms with van der Waals surface area (Å²) in [6.07, 6.45) is 2.88. The molecule has 0 aliphatic heterocycles. The molecule has 0 aliphatic carbocycles. The van der Waals surface area contributed by atoms with Gasteiger partial charge in [-0.1, -0.05) is 30.3 Å². The largest absolute Gasteiger partial charge is 0.497 e. The van der Waals surface area contributed by atoms with Gasteiger partial charge in [-0.3, -0.25) is 0 Å². The van der Waals surface area contributed by atoms with Crippen LogP contribution in [-0.2, 0) is 6.42 Å². The van der Waals surface area contributed by atoms with Crippen molar-refractivity contribution in [2.45, 2.75) is 16.7 Å². The Morgan fingerprint density at radius 2 is 1.95 bits per heavy atom. The zero-order chi connectivity index (χ0) is 13.7. The molecule has 19 heavy (non-hydrogen) atoms. The molecule has 0 saturated heterocycles. The number of benzene rings is 2. The van der Waals surface area contributed by atoms with Gasteiger partial charge >= 0.3 is 0 Å². The first kappa shape index (κ1) is 14.3. The number of ether oxygens (including phenoxy) is 1. The molecule has 0 heterocycles. The molecule has 2 rings (SSSR count). The van der Waals surface area contributed by atoms with Crippen molar-refractivity contribution >= 4 is 23.4 Å². The summed E-state index contributed by atoms with van der Waals surface area (Å²) in [7, 11) is 1.68. The van der Waals surface area contributed by atoms with E-state index in [1.807, 2.05) is 30.3 Å². The third kappa shape index (κ3) is 3.68. The van der Waals surface area contributed by atoms with Crippen molar-refractivity contribution in [1.29, 1.82) is 0 Å². The van der Waals surface area contributed by atoms with Crippen LogP contribution in [-0.4, -0.2) is 13.4 Å². The fraction of sp³-hybridized carbons (Fsp3) is 0.250. The lowest BCUT2D eigenvalue weighted by Crippen LogP contribution is -1.98. The fourth-order valence-electron chi connectivity index (χ4n) is 2.04. The molecule has 0 N–H and O–H groups in total. The predicted molar refractivity (Wildman–Crippen MR) is 83.5 cm³/mol. The molecule has 1 atom stereocenters. The number of rotatable bonds is 5. The third-order valence-electron chi connectivity index (χ3n) is 3.03. The first-order chi connectivity index (χ1) is 9.24. The molecule has 0 bridgehead atoms. The van der Waals surface area contributed by atoms with Crippen molar-refractivity contribution in [3.8, 4) is 5.75 Å². The SMILES string of the molecule is COc1cccc(CC(Cl)c2ccccc2SC)c1. The summed E-state index contributed by atoms with van der Waals surface area (Å²) < 4.78 is 5.24. The van der Waals surface area contributed by atoms with Gasteiger partial charge in [-0.05, 0) is 42.0 Å². The Kier molecular flexibility index (Phi) is 5.17. The predicted octanol–water partition coefficient (Wildman–Crippen LogP) is 4.94. The molecule has 0 aliphatic rings. The van der Waals surface area contributed by atoms with Crippen LogP contribution in [0.5, 0.6) is 5.75 Å². The minimum Gasteiger partial charge on any atom is -0.497 e. The molecule has 2 aromatic rings. The molecule has 0 aromatic heterocycles. The van der Waals surface area contributed by atoms with Gasteiger partial charge in [0, 0.05) is 4.90 Å². The highest BCUT2D eigenvalue weighted by Crippen LogP contribution is 2.32. The van der Waals surface area contributed by atoms with Gasteiger partial charge in [-0.15, -0.1) is 23.4 Å². The Labute approximate surface area is 123 Å². The monoisotopic (exact) mass is 292 g/mol. The molecule has 0 spiro atoms. The lowest BCUT2D eigenvalue weighted by molar-refractivity contribution is 0.414. The third-order valence-corrected chi connectivity index (χ3v) is 4.23. The summed E-state index contributed by atoms with van der Waals surface area (Å²) in [5.74, 6) is 0.875. The summed E-state index contributed by atoms with van der Waals surface area (Å²) in [5, 5.41) is -0.0178. The minimum absolute atomic E-state index is 0.0178. The maximum atomic E-state index is 6.57. The van der Waals surface area contributed by atoms with Crippen LogP contribution in [0.2, 0.25) is 0 Å². The van der Waals surface area contributed by atoms with Crippen LogP contribution in [0, 0.1) is 0 Å². The number of hydrogen-bond acceptors (Lipinski definition) is 2. The van der Waals surface area contributed by atoms with E-state index < -0.39 is 0 Å². The van der Waals surface area contributed by atoms with Crippen molar-refractivity contribution in [3.63, 3.8) is 0 Å². The molecule has 0 saturated carbocycles. The van der Waals surface area contributed by atoms with Crippen molar-refractivity contribution in [2.75, 3.05) is 13.4 Å². The Morgan fingerprint density at radius 1 is 1.16 bits per heavy atom. The van der Waals surface area contributed by atoms with Gasteiger partial charge in [-0.25, -0.2) is 0 Å². The Morgan fingerprint density at radius 3 is 2.68 bits per heavy atom. The quantitative estimate of drug-likeness (QED) is 0.570. The summed E-state index contributed by atoms with van der Waals surface area (Å²) in [4.78, 5) is 1.24. The van der Waals surface area contributed by atoms with E-state index in [-0.39, 0.29) is 5.38 Å². The van der Waals surface area contributed by atoms with Gasteiger partial charge in [-0.2, -0.15) is 0 Å². The highest BCUT2D eigenvalue weighted by Gasteiger charge is 2.12. The Hall–Kier alpha value is -1.12. The second kappa shape index (κ2) is 6.88. The van der Waals surface area contributed by atoms with Crippen LogP contribution in [0.25, 0.3) is 0 Å². The van der Waals surface area contributed by atoms with E-state index in [0.717, 1.165) is 12.2 Å². The first-order valence-electron chi connectivity index (χ1n) is 6.14. The molecule has 100 valence electrons. The van der Waals surface area contributed by atoms with Crippen LogP contribution in [0.3, 0.4) is 0 Å². The lowest BCUT2D eigenvalue weighted by atomic mass is 10.0. The van der Waals surface area contributed by atoms with Gasteiger partial charge in [0.05, 0.1) is 12.5 Å². The fourth-order valence-corrected chi connectivity index (χ4v) is 3.14. The van der Waals surface area contributed by atoms with Gasteiger partial charge in [0.25, 0.3) is 0 Å². The molecule has 1 nitrogen and oxygen atoms in total. The van der Waals surface area contributed by atoms with E-state index in [0.29, 0.717) is 0 Å². The summed E-state index contributed by atoms with van der Waals surface area (Å²) in [6, 6.07) is 16.4. The maximum absolute atomic E-state index is 6.57. The van der Waals surface area contributed by atoms with E-state index >= 15 is 0 Å². The van der Waals surface area contributed by atoms with Crippen molar-refractivity contribution in [3.05, 3.63) is 59.7 Å². The highest BCUT2D eigenvalue weighted by atomic mass is 35.5. The van der Waals surface area contributed by atoms with Crippen LogP contribution in [0.15, 0.2) is 53.4 Å². The van der Waals surface area contributed by atoms with Gasteiger partial charge in [0.2, 0.25) is 0 Å². The Balaban J connectivity index is 2.18. The molecule has 0 amide bonds. The van der Waals surface area contributed by atoms with E-state index in [1.165, 1.54) is 16.0 Å². The molecule has 2 aromatic carbocycles. The molecular weight excluding hydrogens is 276 g/mol. The van der Waals surface area contributed by atoms with Crippen LogP contribution < -0.4 is 4.74 Å². The Bertz CT molecular complexity index is 542. The number of thioether (sulfide) groups is 1. The van der Waals surface area contributed by atoms with Crippen molar-refractivity contribution in [1.82, 2.24) is 0 Å². The smallest absolute Gasteiger partial charge is 0.119 e. The van der Waals surface area contributed by atoms with Crippen LogP contribution in [0.4, 0.5) is 0 Å². The molecule has 0 radical (unpaired) electrons. The topological polar surface area (TPSA) is 9.23 Å². The number of hydrogen-bond donors (Lipinski definition) is 0. The molecular formula is C16H17ClOS. The van der Waals surface area contributed by atoms with Gasteiger partial charge < -0.3 is 4.74 Å². The highest BCUT2D eigenvalue weighted by molar-refractivity contribution is 7.98. The van der Waals surface area contributed by atoms with Crippen LogP contribution in [0.1, 0.15) is 16.5 Å². The van der Waals surface area contributed by atoms with E-state index in [2.05, 4.69) is 24.5 Å². The van der Waals surface area contributed by atoms with E-state index in [1.54, 1.807) is 18.9 Å². The van der Waals surface area contributed by atoms with E-state index in [4.69, 9.17) is 16.3 Å². The normalized spacial score (nSPS) is 12.2. The summed E-state index contributed by atoms with van der Waals surface area (Å²) >= 11 is 8.30. The van der Waals surface area contributed by atoms with E-state index in [9.17, 15) is 0 Å². The zero-order valence-corrected chi connectivity index (χ0v) is 12.7. The average molecular weight is 293 g/mol. The average Bonchev–Trinajstić information content (AvgIpc) is 2.47. The van der Waals surface area contributed by atoms with Crippen LogP contribution >= 0.6 is 23.4 Å². The lowest BCUT2D eigenvalue weighted by Gasteiger charge is -2.14. The minimum atomic E-state index is -0.0178.